The van der Waals surface area contributed by atoms with E-state index in [-0.39, 0.29) is 0 Å². The Morgan fingerprint density at radius 2 is 2.00 bits per heavy atom. The van der Waals surface area contributed by atoms with Gasteiger partial charge < -0.3 is 5.32 Å². The van der Waals surface area contributed by atoms with Crippen LogP contribution in [0.15, 0.2) is 45.7 Å². The van der Waals surface area contributed by atoms with Gasteiger partial charge in [0.1, 0.15) is 16.7 Å². The van der Waals surface area contributed by atoms with Crippen molar-refractivity contribution in [3.63, 3.8) is 0 Å². The van der Waals surface area contributed by atoms with Crippen LogP contribution in [-0.2, 0) is 6.54 Å². The molecule has 1 aromatic carbocycles. The predicted molar refractivity (Wildman–Crippen MR) is 71.2 cm³/mol. The minimum Gasteiger partial charge on any atom is -0.366 e. The van der Waals surface area contributed by atoms with Crippen LogP contribution in [0, 0.1) is 0 Å². The van der Waals surface area contributed by atoms with Gasteiger partial charge in [0, 0.05) is 17.1 Å². The van der Waals surface area contributed by atoms with Crippen LogP contribution in [-0.4, -0.2) is 9.97 Å². The molecule has 0 fully saturated rings. The highest BCUT2D eigenvalue weighted by atomic mass is 79.9. The van der Waals surface area contributed by atoms with Crippen LogP contribution in [0.4, 0.5) is 5.82 Å². The van der Waals surface area contributed by atoms with Crippen molar-refractivity contribution < 1.29 is 0 Å². The first-order valence-electron chi connectivity index (χ1n) is 4.70. The third-order valence-electron chi connectivity index (χ3n) is 2.00. The van der Waals surface area contributed by atoms with Gasteiger partial charge >= 0.3 is 0 Å². The SMILES string of the molecule is Brc1cccc(CNc2cc(Br)ncn2)c1. The molecule has 0 atom stereocenters. The van der Waals surface area contributed by atoms with E-state index in [4.69, 9.17) is 0 Å². The summed E-state index contributed by atoms with van der Waals surface area (Å²) in [6.45, 7) is 0.739. The lowest BCUT2D eigenvalue weighted by Gasteiger charge is -2.05. The molecule has 0 saturated heterocycles. The summed E-state index contributed by atoms with van der Waals surface area (Å²) >= 11 is 6.74. The minimum atomic E-state index is 0.739. The molecular weight excluding hydrogens is 334 g/mol. The standard InChI is InChI=1S/C11H9Br2N3/c12-9-3-1-2-8(4-9)6-14-11-5-10(13)15-7-16-11/h1-5,7H,6H2,(H,14,15,16). The van der Waals surface area contributed by atoms with E-state index >= 15 is 0 Å². The second kappa shape index (κ2) is 5.41. The highest BCUT2D eigenvalue weighted by Gasteiger charge is 1.97. The molecule has 16 heavy (non-hydrogen) atoms. The zero-order valence-electron chi connectivity index (χ0n) is 8.32. The topological polar surface area (TPSA) is 37.8 Å². The van der Waals surface area contributed by atoms with Crippen LogP contribution >= 0.6 is 31.9 Å². The molecule has 5 heteroatoms. The van der Waals surface area contributed by atoms with Gasteiger partial charge in [-0.25, -0.2) is 9.97 Å². The summed E-state index contributed by atoms with van der Waals surface area (Å²) in [5.41, 5.74) is 1.20. The molecule has 0 saturated carbocycles. The highest BCUT2D eigenvalue weighted by molar-refractivity contribution is 9.10. The fourth-order valence-electron chi connectivity index (χ4n) is 1.27. The average molecular weight is 343 g/mol. The molecular formula is C11H9Br2N3. The van der Waals surface area contributed by atoms with Gasteiger partial charge in [-0.3, -0.25) is 0 Å². The Balaban J connectivity index is 2.02. The molecule has 0 bridgehead atoms. The first-order chi connectivity index (χ1) is 7.74. The van der Waals surface area contributed by atoms with Crippen molar-refractivity contribution >= 4 is 37.7 Å². The van der Waals surface area contributed by atoms with Crippen molar-refractivity contribution in [3.05, 3.63) is 51.3 Å². The molecule has 0 aliphatic carbocycles. The molecule has 1 aromatic heterocycles. The first kappa shape index (κ1) is 11.5. The molecule has 0 aliphatic heterocycles. The molecule has 2 aromatic rings. The van der Waals surface area contributed by atoms with E-state index in [1.165, 1.54) is 11.9 Å². The third kappa shape index (κ3) is 3.28. The fourth-order valence-corrected chi connectivity index (χ4v) is 2.02. The highest BCUT2D eigenvalue weighted by Crippen LogP contribution is 2.14. The van der Waals surface area contributed by atoms with Gasteiger partial charge in [-0.2, -0.15) is 0 Å². The molecule has 0 radical (unpaired) electrons. The van der Waals surface area contributed by atoms with Gasteiger partial charge in [-0.15, -0.1) is 0 Å². The molecule has 0 spiro atoms. The van der Waals surface area contributed by atoms with E-state index in [1.54, 1.807) is 0 Å². The molecule has 82 valence electrons. The number of hydrogen-bond acceptors (Lipinski definition) is 3. The molecule has 3 nitrogen and oxygen atoms in total. The molecule has 1 N–H and O–H groups in total. The van der Waals surface area contributed by atoms with Crippen LogP contribution in [0.25, 0.3) is 0 Å². The largest absolute Gasteiger partial charge is 0.366 e. The molecule has 0 amide bonds. The van der Waals surface area contributed by atoms with Gasteiger partial charge in [-0.05, 0) is 33.6 Å². The Morgan fingerprint density at radius 1 is 1.12 bits per heavy atom. The lowest BCUT2D eigenvalue weighted by Crippen LogP contribution is -2.01. The van der Waals surface area contributed by atoms with Crippen LogP contribution in [0.3, 0.4) is 0 Å². The zero-order chi connectivity index (χ0) is 11.4. The average Bonchev–Trinajstić information content (AvgIpc) is 2.27. The molecule has 2 rings (SSSR count). The van der Waals surface area contributed by atoms with E-state index in [9.17, 15) is 0 Å². The number of hydrogen-bond donors (Lipinski definition) is 1. The summed E-state index contributed by atoms with van der Waals surface area (Å²) in [6.07, 6.45) is 1.52. The van der Waals surface area contributed by atoms with Gasteiger partial charge in [-0.1, -0.05) is 28.1 Å². The van der Waals surface area contributed by atoms with Crippen molar-refractivity contribution in [3.8, 4) is 0 Å². The number of aromatic nitrogens is 2. The normalized spacial score (nSPS) is 10.1. The number of benzene rings is 1. The van der Waals surface area contributed by atoms with Crippen molar-refractivity contribution in [2.45, 2.75) is 6.54 Å². The zero-order valence-corrected chi connectivity index (χ0v) is 11.5. The quantitative estimate of drug-likeness (QED) is 0.866. The number of anilines is 1. The van der Waals surface area contributed by atoms with Crippen LogP contribution in [0.1, 0.15) is 5.56 Å². The summed E-state index contributed by atoms with van der Waals surface area (Å²) in [5.74, 6) is 0.807. The lowest BCUT2D eigenvalue weighted by molar-refractivity contribution is 1.07. The summed E-state index contributed by atoms with van der Waals surface area (Å²) in [4.78, 5) is 8.08. The summed E-state index contributed by atoms with van der Waals surface area (Å²) in [5, 5.41) is 3.23. The van der Waals surface area contributed by atoms with Gasteiger partial charge in [0.05, 0.1) is 0 Å². The van der Waals surface area contributed by atoms with Crippen molar-refractivity contribution in [2.75, 3.05) is 5.32 Å². The number of nitrogens with zero attached hydrogens (tertiary/aromatic N) is 2. The number of rotatable bonds is 3. The maximum Gasteiger partial charge on any atom is 0.130 e. The Labute approximate surface area is 111 Å². The van der Waals surface area contributed by atoms with Crippen LogP contribution in [0.2, 0.25) is 0 Å². The summed E-state index contributed by atoms with van der Waals surface area (Å²) in [7, 11) is 0. The maximum absolute atomic E-state index is 4.11. The van der Waals surface area contributed by atoms with Gasteiger partial charge in [0.2, 0.25) is 0 Å². The fraction of sp³-hybridized carbons (Fsp3) is 0.0909. The third-order valence-corrected chi connectivity index (χ3v) is 2.92. The first-order valence-corrected chi connectivity index (χ1v) is 6.28. The molecule has 0 aliphatic rings. The van der Waals surface area contributed by atoms with E-state index in [2.05, 4.69) is 59.3 Å². The Hall–Kier alpha value is -0.940. The monoisotopic (exact) mass is 341 g/mol. The van der Waals surface area contributed by atoms with E-state index in [1.807, 2.05) is 18.2 Å². The Bertz CT molecular complexity index is 443. The van der Waals surface area contributed by atoms with Crippen LogP contribution in [0.5, 0.6) is 0 Å². The second-order valence-corrected chi connectivity index (χ2v) is 4.94. The van der Waals surface area contributed by atoms with Crippen molar-refractivity contribution in [1.29, 1.82) is 0 Å². The van der Waals surface area contributed by atoms with Gasteiger partial charge in [0.25, 0.3) is 0 Å². The van der Waals surface area contributed by atoms with Crippen LogP contribution < -0.4 is 5.32 Å². The molecule has 1 heterocycles. The summed E-state index contributed by atoms with van der Waals surface area (Å²) < 4.78 is 1.86. The summed E-state index contributed by atoms with van der Waals surface area (Å²) in [6, 6.07) is 10.00. The predicted octanol–water partition coefficient (Wildman–Crippen LogP) is 3.61. The number of nitrogens with one attached hydrogen (secondary N) is 1. The Kier molecular flexibility index (Phi) is 3.90. The lowest BCUT2D eigenvalue weighted by atomic mass is 10.2. The number of halogens is 2. The van der Waals surface area contributed by atoms with Crippen molar-refractivity contribution in [2.24, 2.45) is 0 Å². The van der Waals surface area contributed by atoms with E-state index in [0.717, 1.165) is 21.4 Å². The smallest absolute Gasteiger partial charge is 0.130 e. The molecule has 0 unspecified atom stereocenters. The second-order valence-electron chi connectivity index (χ2n) is 3.21. The van der Waals surface area contributed by atoms with E-state index in [0.29, 0.717) is 0 Å². The maximum atomic E-state index is 4.11. The Morgan fingerprint density at radius 3 is 2.75 bits per heavy atom. The van der Waals surface area contributed by atoms with E-state index < -0.39 is 0 Å². The van der Waals surface area contributed by atoms with Crippen molar-refractivity contribution in [1.82, 2.24) is 9.97 Å². The van der Waals surface area contributed by atoms with Gasteiger partial charge in [0.15, 0.2) is 0 Å². The minimum absolute atomic E-state index is 0.739.